The number of hydrogen-bond acceptors (Lipinski definition) is 8. The molecule has 6 rings (SSSR count). The zero-order valence-electron chi connectivity index (χ0n) is 22.2. The summed E-state index contributed by atoms with van der Waals surface area (Å²) in [5.41, 5.74) is 3.56. The van der Waals surface area contributed by atoms with Crippen LogP contribution in [0.4, 0.5) is 16.0 Å². The van der Waals surface area contributed by atoms with Crippen molar-refractivity contribution in [2.75, 3.05) is 23.7 Å². The Morgan fingerprint density at radius 2 is 1.85 bits per heavy atom. The zero-order valence-corrected chi connectivity index (χ0v) is 22.2. The van der Waals surface area contributed by atoms with Gasteiger partial charge in [0.1, 0.15) is 11.6 Å². The minimum absolute atomic E-state index is 0.285. The van der Waals surface area contributed by atoms with E-state index in [-0.39, 0.29) is 11.9 Å². The van der Waals surface area contributed by atoms with E-state index >= 15 is 4.39 Å². The summed E-state index contributed by atoms with van der Waals surface area (Å²) in [6.07, 6.45) is 7.34. The molecule has 0 spiro atoms. The highest BCUT2D eigenvalue weighted by Gasteiger charge is 2.18. The SMILES string of the molecule is Cc1ccc2c(NCc3ccccn3)c(F)ccc2c1Oc1ncccc1-c1ccnc(N[C@H]2CCCNC2)n1. The van der Waals surface area contributed by atoms with Crippen LogP contribution in [-0.4, -0.2) is 39.1 Å². The zero-order chi connectivity index (χ0) is 27.3. The first kappa shape index (κ1) is 25.6. The van der Waals surface area contributed by atoms with Crippen molar-refractivity contribution in [1.82, 2.24) is 25.3 Å². The van der Waals surface area contributed by atoms with E-state index in [0.29, 0.717) is 40.9 Å². The normalized spacial score (nSPS) is 15.1. The van der Waals surface area contributed by atoms with Crippen LogP contribution < -0.4 is 20.7 Å². The van der Waals surface area contributed by atoms with Gasteiger partial charge in [0.25, 0.3) is 0 Å². The molecule has 0 aliphatic carbocycles. The van der Waals surface area contributed by atoms with E-state index in [0.717, 1.165) is 48.1 Å². The molecule has 1 fully saturated rings. The molecule has 3 aromatic heterocycles. The average molecular weight is 536 g/mol. The smallest absolute Gasteiger partial charge is 0.228 e. The lowest BCUT2D eigenvalue weighted by molar-refractivity contribution is 0.466. The van der Waals surface area contributed by atoms with Gasteiger partial charge in [-0.1, -0.05) is 18.2 Å². The van der Waals surface area contributed by atoms with Crippen molar-refractivity contribution in [2.24, 2.45) is 0 Å². The third kappa shape index (κ3) is 5.55. The molecule has 1 aliphatic rings. The van der Waals surface area contributed by atoms with Crippen LogP contribution in [0.3, 0.4) is 0 Å². The number of aromatic nitrogens is 4. The number of ether oxygens (including phenoxy) is 1. The topological polar surface area (TPSA) is 96.9 Å². The van der Waals surface area contributed by atoms with Gasteiger partial charge in [-0.25, -0.2) is 19.3 Å². The molecule has 0 radical (unpaired) electrons. The maximum Gasteiger partial charge on any atom is 0.228 e. The molecule has 5 aromatic rings. The number of nitrogens with zero attached hydrogens (tertiary/aromatic N) is 4. The Kier molecular flexibility index (Phi) is 7.45. The number of fused-ring (bicyclic) bond motifs is 1. The summed E-state index contributed by atoms with van der Waals surface area (Å²) in [7, 11) is 0. The molecule has 1 atom stereocenters. The highest BCUT2D eigenvalue weighted by molar-refractivity contribution is 5.99. The van der Waals surface area contributed by atoms with Gasteiger partial charge in [0.2, 0.25) is 11.8 Å². The van der Waals surface area contributed by atoms with Gasteiger partial charge in [-0.3, -0.25) is 4.98 Å². The second-order valence-corrected chi connectivity index (χ2v) is 9.81. The van der Waals surface area contributed by atoms with E-state index in [4.69, 9.17) is 9.72 Å². The molecule has 4 heterocycles. The minimum Gasteiger partial charge on any atom is -0.437 e. The largest absolute Gasteiger partial charge is 0.437 e. The van der Waals surface area contributed by atoms with Crippen LogP contribution >= 0.6 is 0 Å². The second-order valence-electron chi connectivity index (χ2n) is 9.81. The average Bonchev–Trinajstić information content (AvgIpc) is 2.99. The number of nitrogens with one attached hydrogen (secondary N) is 3. The Balaban J connectivity index is 1.32. The fraction of sp³-hybridized carbons (Fsp3) is 0.226. The quantitative estimate of drug-likeness (QED) is 0.219. The number of rotatable bonds is 8. The standard InChI is InChI=1S/C31H30FN7O/c1-20-9-10-23-24(11-12-26(32)28(23)37-19-21-6-2-3-15-34-21)29(20)40-30-25(8-5-16-35-30)27-13-17-36-31(39-27)38-22-7-4-14-33-18-22/h2-3,5-6,8-13,15-17,22,33,37H,4,7,14,18-19H2,1H3,(H,36,38,39)/t22-/m0/s1. The van der Waals surface area contributed by atoms with Crippen molar-refractivity contribution in [1.29, 1.82) is 0 Å². The number of aryl methyl sites for hydroxylation is 1. The lowest BCUT2D eigenvalue weighted by Crippen LogP contribution is -2.38. The monoisotopic (exact) mass is 535 g/mol. The lowest BCUT2D eigenvalue weighted by Gasteiger charge is -2.23. The molecular formula is C31H30FN7O. The van der Waals surface area contributed by atoms with E-state index in [1.807, 2.05) is 55.5 Å². The highest BCUT2D eigenvalue weighted by Crippen LogP contribution is 2.39. The maximum absolute atomic E-state index is 15.0. The van der Waals surface area contributed by atoms with E-state index in [1.54, 1.807) is 24.7 Å². The van der Waals surface area contributed by atoms with E-state index < -0.39 is 0 Å². The van der Waals surface area contributed by atoms with Crippen LogP contribution in [-0.2, 0) is 6.54 Å². The van der Waals surface area contributed by atoms with Crippen LogP contribution in [0.1, 0.15) is 24.1 Å². The number of piperidine rings is 1. The Labute approximate surface area is 232 Å². The predicted molar refractivity (Wildman–Crippen MR) is 155 cm³/mol. The number of halogens is 1. The summed E-state index contributed by atoms with van der Waals surface area (Å²) in [6, 6.07) is 18.6. The third-order valence-corrected chi connectivity index (χ3v) is 7.00. The van der Waals surface area contributed by atoms with E-state index in [9.17, 15) is 0 Å². The molecular weight excluding hydrogens is 505 g/mol. The van der Waals surface area contributed by atoms with Gasteiger partial charge in [0, 0.05) is 41.9 Å². The number of pyridine rings is 2. The van der Waals surface area contributed by atoms with Crippen molar-refractivity contribution >= 4 is 22.4 Å². The lowest BCUT2D eigenvalue weighted by atomic mass is 10.0. The fourth-order valence-electron chi connectivity index (χ4n) is 4.96. The summed E-state index contributed by atoms with van der Waals surface area (Å²) in [5.74, 6) is 1.25. The number of hydrogen-bond donors (Lipinski definition) is 3. The van der Waals surface area contributed by atoms with Gasteiger partial charge < -0.3 is 20.7 Å². The summed E-state index contributed by atoms with van der Waals surface area (Å²) >= 11 is 0. The molecule has 0 bridgehead atoms. The highest BCUT2D eigenvalue weighted by atomic mass is 19.1. The first-order valence-corrected chi connectivity index (χ1v) is 13.4. The molecule has 1 saturated heterocycles. The first-order valence-electron chi connectivity index (χ1n) is 13.4. The van der Waals surface area contributed by atoms with Gasteiger partial charge in [-0.15, -0.1) is 0 Å². The number of benzene rings is 2. The number of anilines is 2. The third-order valence-electron chi connectivity index (χ3n) is 7.00. The van der Waals surface area contributed by atoms with Gasteiger partial charge >= 0.3 is 0 Å². The summed E-state index contributed by atoms with van der Waals surface area (Å²) in [4.78, 5) is 18.1. The molecule has 3 N–H and O–H groups in total. The molecule has 1 aliphatic heterocycles. The van der Waals surface area contributed by atoms with Crippen molar-refractivity contribution in [3.05, 3.63) is 96.3 Å². The molecule has 0 amide bonds. The van der Waals surface area contributed by atoms with Crippen molar-refractivity contribution in [3.63, 3.8) is 0 Å². The van der Waals surface area contributed by atoms with Gasteiger partial charge in [0.15, 0.2) is 0 Å². The molecule has 40 heavy (non-hydrogen) atoms. The predicted octanol–water partition coefficient (Wildman–Crippen LogP) is 6.10. The summed E-state index contributed by atoms with van der Waals surface area (Å²) in [5, 5.41) is 11.5. The van der Waals surface area contributed by atoms with Crippen molar-refractivity contribution in [2.45, 2.75) is 32.4 Å². The van der Waals surface area contributed by atoms with Crippen LogP contribution in [0.5, 0.6) is 11.6 Å². The Morgan fingerprint density at radius 1 is 0.950 bits per heavy atom. The Hall–Kier alpha value is -4.63. The van der Waals surface area contributed by atoms with Gasteiger partial charge in [0.05, 0.1) is 29.2 Å². The molecule has 8 nitrogen and oxygen atoms in total. The molecule has 202 valence electrons. The van der Waals surface area contributed by atoms with Crippen LogP contribution in [0, 0.1) is 12.7 Å². The van der Waals surface area contributed by atoms with Gasteiger partial charge in [-0.2, -0.15) is 0 Å². The molecule has 0 unspecified atom stereocenters. The summed E-state index contributed by atoms with van der Waals surface area (Å²) in [6.45, 7) is 4.28. The van der Waals surface area contributed by atoms with Crippen LogP contribution in [0.25, 0.3) is 22.0 Å². The van der Waals surface area contributed by atoms with Crippen molar-refractivity contribution in [3.8, 4) is 22.9 Å². The minimum atomic E-state index is -0.342. The van der Waals surface area contributed by atoms with Crippen LogP contribution in [0.2, 0.25) is 0 Å². The molecule has 2 aromatic carbocycles. The second kappa shape index (κ2) is 11.6. The van der Waals surface area contributed by atoms with E-state index in [2.05, 4.69) is 30.9 Å². The Bertz CT molecular complexity index is 1620. The van der Waals surface area contributed by atoms with E-state index in [1.165, 1.54) is 6.07 Å². The summed E-state index contributed by atoms with van der Waals surface area (Å²) < 4.78 is 21.5. The van der Waals surface area contributed by atoms with Gasteiger partial charge in [-0.05, 0) is 74.3 Å². The maximum atomic E-state index is 15.0. The first-order chi connectivity index (χ1) is 19.7. The van der Waals surface area contributed by atoms with Crippen molar-refractivity contribution < 1.29 is 9.13 Å². The van der Waals surface area contributed by atoms with Crippen LogP contribution in [0.15, 0.2) is 79.3 Å². The Morgan fingerprint density at radius 3 is 2.70 bits per heavy atom. The molecule has 9 heteroatoms. The molecule has 0 saturated carbocycles. The fourth-order valence-corrected chi connectivity index (χ4v) is 4.96.